The van der Waals surface area contributed by atoms with E-state index in [2.05, 4.69) is 38.1 Å². The number of anilines is 1. The molecule has 1 aromatic rings. The van der Waals surface area contributed by atoms with Crippen LogP contribution in [0.2, 0.25) is 0 Å². The molecule has 2 aliphatic heterocycles. The first-order chi connectivity index (χ1) is 13.6. The van der Waals surface area contributed by atoms with Crippen molar-refractivity contribution < 1.29 is 14.3 Å². The second-order valence-electron chi connectivity index (χ2n) is 9.30. The third kappa shape index (κ3) is 4.65. The lowest BCUT2D eigenvalue weighted by molar-refractivity contribution is -0.117. The Morgan fingerprint density at radius 2 is 1.97 bits per heavy atom. The molecular weight excluding hydrogens is 364 g/mol. The van der Waals surface area contributed by atoms with E-state index in [0.717, 1.165) is 24.9 Å². The molecule has 0 spiro atoms. The number of rotatable bonds is 2. The topological polar surface area (TPSA) is 49.9 Å². The van der Waals surface area contributed by atoms with Gasteiger partial charge in [-0.3, -0.25) is 4.79 Å². The molecule has 0 saturated heterocycles. The van der Waals surface area contributed by atoms with Crippen molar-refractivity contribution in [3.8, 4) is 0 Å². The Bertz CT molecular complexity index is 822. The molecule has 0 aliphatic carbocycles. The van der Waals surface area contributed by atoms with Crippen LogP contribution in [-0.2, 0) is 16.0 Å². The minimum absolute atomic E-state index is 0.113. The fraction of sp³-hybridized carbons (Fsp3) is 0.583. The van der Waals surface area contributed by atoms with E-state index in [0.29, 0.717) is 19.0 Å². The molecule has 0 saturated carbocycles. The maximum Gasteiger partial charge on any atom is 0.410 e. The van der Waals surface area contributed by atoms with Gasteiger partial charge in [-0.25, -0.2) is 4.79 Å². The molecule has 0 unspecified atom stereocenters. The monoisotopic (exact) mass is 398 g/mol. The van der Waals surface area contributed by atoms with Crippen molar-refractivity contribution in [1.29, 1.82) is 0 Å². The molecule has 0 bridgehead atoms. The van der Waals surface area contributed by atoms with E-state index in [4.69, 9.17) is 4.74 Å². The molecule has 0 N–H and O–H groups in total. The van der Waals surface area contributed by atoms with Crippen molar-refractivity contribution >= 4 is 23.3 Å². The van der Waals surface area contributed by atoms with E-state index < -0.39 is 5.60 Å². The molecule has 2 atom stereocenters. The zero-order chi connectivity index (χ0) is 21.3. The molecular formula is C24H34N2O3. The maximum absolute atomic E-state index is 12.3. The van der Waals surface area contributed by atoms with Crippen LogP contribution in [-0.4, -0.2) is 41.6 Å². The molecule has 2 amide bonds. The number of nitrogens with zero attached hydrogens (tertiary/aromatic N) is 2. The van der Waals surface area contributed by atoms with Gasteiger partial charge in [-0.2, -0.15) is 0 Å². The first-order valence-electron chi connectivity index (χ1n) is 10.7. The van der Waals surface area contributed by atoms with Gasteiger partial charge in [0.1, 0.15) is 5.60 Å². The quantitative estimate of drug-likeness (QED) is 0.702. The SMILES string of the molecule is CC[C@H]1[C@H](C)Cc2cc(C3=CCN(C(=O)OC(C)(C)C)CC3)ccc2N1C(C)=O. The number of hydrogen-bond donors (Lipinski definition) is 0. The molecule has 0 aromatic heterocycles. The van der Waals surface area contributed by atoms with E-state index in [9.17, 15) is 9.59 Å². The summed E-state index contributed by atoms with van der Waals surface area (Å²) in [7, 11) is 0. The Hall–Kier alpha value is -2.30. The standard InChI is InChI=1S/C24H34N2O3/c1-7-21-16(2)14-20-15-19(8-9-22(20)26(21)17(3)27)18-10-12-25(13-11-18)23(28)29-24(4,5)6/h8-10,15-16,21H,7,11-14H2,1-6H3/t16-,21+/m1/s1. The van der Waals surface area contributed by atoms with Crippen LogP contribution < -0.4 is 4.90 Å². The third-order valence-corrected chi connectivity index (χ3v) is 5.86. The number of hydrogen-bond acceptors (Lipinski definition) is 3. The van der Waals surface area contributed by atoms with Crippen LogP contribution in [0, 0.1) is 5.92 Å². The van der Waals surface area contributed by atoms with Gasteiger partial charge >= 0.3 is 6.09 Å². The Labute approximate surface area is 174 Å². The average Bonchev–Trinajstić information content (AvgIpc) is 2.65. The molecule has 0 fully saturated rings. The largest absolute Gasteiger partial charge is 0.444 e. The second-order valence-corrected chi connectivity index (χ2v) is 9.30. The van der Waals surface area contributed by atoms with Gasteiger partial charge in [0.2, 0.25) is 5.91 Å². The van der Waals surface area contributed by atoms with Crippen molar-refractivity contribution in [2.75, 3.05) is 18.0 Å². The zero-order valence-corrected chi connectivity index (χ0v) is 18.6. The average molecular weight is 399 g/mol. The molecule has 2 aliphatic rings. The van der Waals surface area contributed by atoms with Gasteiger partial charge in [-0.1, -0.05) is 26.0 Å². The number of carbonyl (C=O) groups is 2. The van der Waals surface area contributed by atoms with E-state index in [-0.39, 0.29) is 18.0 Å². The Morgan fingerprint density at radius 3 is 2.52 bits per heavy atom. The molecule has 5 heteroatoms. The van der Waals surface area contributed by atoms with E-state index in [1.165, 1.54) is 16.7 Å². The normalized spacial score (nSPS) is 22.1. The van der Waals surface area contributed by atoms with Crippen LogP contribution in [0.5, 0.6) is 0 Å². The number of benzene rings is 1. The fourth-order valence-electron chi connectivity index (χ4n) is 4.51. The minimum Gasteiger partial charge on any atom is -0.444 e. The summed E-state index contributed by atoms with van der Waals surface area (Å²) in [5, 5.41) is 0. The lowest BCUT2D eigenvalue weighted by Gasteiger charge is -2.40. The van der Waals surface area contributed by atoms with Crippen LogP contribution in [0.15, 0.2) is 24.3 Å². The lowest BCUT2D eigenvalue weighted by atomic mass is 9.84. The summed E-state index contributed by atoms with van der Waals surface area (Å²) in [4.78, 5) is 28.3. The van der Waals surface area contributed by atoms with Crippen molar-refractivity contribution in [1.82, 2.24) is 4.90 Å². The van der Waals surface area contributed by atoms with Gasteiger partial charge in [0.15, 0.2) is 0 Å². The van der Waals surface area contributed by atoms with Gasteiger partial charge in [-0.15, -0.1) is 0 Å². The molecule has 29 heavy (non-hydrogen) atoms. The van der Waals surface area contributed by atoms with E-state index in [1.54, 1.807) is 11.8 Å². The van der Waals surface area contributed by atoms with Gasteiger partial charge in [0, 0.05) is 31.7 Å². The van der Waals surface area contributed by atoms with Crippen LogP contribution in [0.1, 0.15) is 65.5 Å². The molecule has 0 radical (unpaired) electrons. The Morgan fingerprint density at radius 1 is 1.24 bits per heavy atom. The summed E-state index contributed by atoms with van der Waals surface area (Å²) in [5.41, 5.74) is 4.27. The van der Waals surface area contributed by atoms with Crippen LogP contribution in [0.4, 0.5) is 10.5 Å². The first kappa shape index (κ1) is 21.4. The zero-order valence-electron chi connectivity index (χ0n) is 18.6. The van der Waals surface area contributed by atoms with E-state index >= 15 is 0 Å². The predicted molar refractivity (Wildman–Crippen MR) is 117 cm³/mol. The first-order valence-corrected chi connectivity index (χ1v) is 10.7. The lowest BCUT2D eigenvalue weighted by Crippen LogP contribution is -2.46. The predicted octanol–water partition coefficient (Wildman–Crippen LogP) is 5.03. The number of fused-ring (bicyclic) bond motifs is 1. The van der Waals surface area contributed by atoms with Crippen molar-refractivity contribution in [2.45, 2.75) is 72.4 Å². The van der Waals surface area contributed by atoms with Crippen molar-refractivity contribution in [2.24, 2.45) is 5.92 Å². The molecule has 3 rings (SSSR count). The highest BCUT2D eigenvalue weighted by Crippen LogP contribution is 2.37. The summed E-state index contributed by atoms with van der Waals surface area (Å²) in [6.45, 7) is 12.9. The summed E-state index contributed by atoms with van der Waals surface area (Å²) >= 11 is 0. The summed E-state index contributed by atoms with van der Waals surface area (Å²) in [6.07, 6.45) is 4.63. The summed E-state index contributed by atoms with van der Waals surface area (Å²) in [6, 6.07) is 6.72. The minimum atomic E-state index is -0.477. The van der Waals surface area contributed by atoms with Crippen LogP contribution in [0.3, 0.4) is 0 Å². The fourth-order valence-corrected chi connectivity index (χ4v) is 4.51. The Balaban J connectivity index is 1.80. The smallest absolute Gasteiger partial charge is 0.410 e. The van der Waals surface area contributed by atoms with E-state index in [1.807, 2.05) is 25.7 Å². The van der Waals surface area contributed by atoms with Crippen molar-refractivity contribution in [3.05, 3.63) is 35.4 Å². The van der Waals surface area contributed by atoms with Gasteiger partial charge in [0.25, 0.3) is 0 Å². The molecule has 158 valence electrons. The molecule has 5 nitrogen and oxygen atoms in total. The van der Waals surface area contributed by atoms with Gasteiger partial charge in [-0.05, 0) is 74.8 Å². The van der Waals surface area contributed by atoms with Crippen molar-refractivity contribution in [3.63, 3.8) is 0 Å². The maximum atomic E-state index is 12.3. The summed E-state index contributed by atoms with van der Waals surface area (Å²) in [5.74, 6) is 0.553. The third-order valence-electron chi connectivity index (χ3n) is 5.86. The highest BCUT2D eigenvalue weighted by atomic mass is 16.6. The molecule has 2 heterocycles. The van der Waals surface area contributed by atoms with Crippen LogP contribution in [0.25, 0.3) is 5.57 Å². The van der Waals surface area contributed by atoms with Gasteiger partial charge in [0.05, 0.1) is 0 Å². The number of amides is 2. The number of carbonyl (C=O) groups excluding carboxylic acids is 2. The molecule has 1 aromatic carbocycles. The highest BCUT2D eigenvalue weighted by molar-refractivity contribution is 5.94. The second kappa shape index (κ2) is 8.21. The highest BCUT2D eigenvalue weighted by Gasteiger charge is 2.33. The van der Waals surface area contributed by atoms with Gasteiger partial charge < -0.3 is 14.5 Å². The Kier molecular flexibility index (Phi) is 6.06. The van der Waals surface area contributed by atoms with Crippen LogP contribution >= 0.6 is 0 Å². The number of ether oxygens (including phenoxy) is 1. The summed E-state index contributed by atoms with van der Waals surface area (Å²) < 4.78 is 5.48.